The second-order valence-corrected chi connectivity index (χ2v) is 8.33. The van der Waals surface area contributed by atoms with Crippen molar-refractivity contribution in [2.24, 2.45) is 5.41 Å². The molecule has 0 unspecified atom stereocenters. The van der Waals surface area contributed by atoms with E-state index in [0.717, 1.165) is 18.9 Å². The first-order chi connectivity index (χ1) is 13.9. The lowest BCUT2D eigenvalue weighted by molar-refractivity contribution is -0.144. The molecule has 2 fully saturated rings. The van der Waals surface area contributed by atoms with Crippen LogP contribution in [0.1, 0.15) is 36.4 Å². The van der Waals surface area contributed by atoms with E-state index in [1.807, 2.05) is 11.8 Å². The number of halogens is 2. The van der Waals surface area contributed by atoms with Crippen molar-refractivity contribution in [3.05, 3.63) is 33.9 Å². The summed E-state index contributed by atoms with van der Waals surface area (Å²) >= 11 is 1.33. The van der Waals surface area contributed by atoms with E-state index in [2.05, 4.69) is 4.98 Å². The molecule has 152 valence electrons. The Balaban J connectivity index is 1.58. The number of ether oxygens (including phenoxy) is 2. The van der Waals surface area contributed by atoms with Gasteiger partial charge in [-0.25, -0.2) is 13.8 Å². The SMILES string of the molecule is CC1(C(=O)N2CCO[C@@H](c3nc(-c4cc(C#N)c(F)cc4OCF)cs3)C2)CC1. The van der Waals surface area contributed by atoms with Gasteiger partial charge in [0.15, 0.2) is 0 Å². The molecular formula is C20H19F2N3O3S. The van der Waals surface area contributed by atoms with Crippen LogP contribution >= 0.6 is 11.3 Å². The monoisotopic (exact) mass is 419 g/mol. The quantitative estimate of drug-likeness (QED) is 0.736. The fourth-order valence-electron chi connectivity index (χ4n) is 3.34. The average Bonchev–Trinajstić information content (AvgIpc) is 3.29. The Kier molecular flexibility index (Phi) is 5.23. The standard InChI is InChI=1S/C20H19F2N3O3S/c1-20(2-3-20)19(26)25-4-5-27-17(9-25)18-24-15(10-29-18)13-6-12(8-23)14(22)7-16(13)28-11-21/h6-7,10,17H,2-5,9,11H2,1H3/t17-/m1/s1. The molecule has 9 heteroatoms. The summed E-state index contributed by atoms with van der Waals surface area (Å²) in [4.78, 5) is 19.0. The molecule has 1 aliphatic heterocycles. The number of benzene rings is 1. The maximum Gasteiger partial charge on any atom is 0.228 e. The van der Waals surface area contributed by atoms with E-state index in [4.69, 9.17) is 14.7 Å². The van der Waals surface area contributed by atoms with Crippen molar-refractivity contribution in [2.45, 2.75) is 25.9 Å². The second kappa shape index (κ2) is 7.69. The van der Waals surface area contributed by atoms with Crippen LogP contribution < -0.4 is 4.74 Å². The van der Waals surface area contributed by atoms with Gasteiger partial charge in [0.25, 0.3) is 0 Å². The highest BCUT2D eigenvalue weighted by Crippen LogP contribution is 2.47. The molecule has 1 aromatic heterocycles. The number of nitriles is 1. The second-order valence-electron chi connectivity index (χ2n) is 7.44. The Labute approximate surface area is 170 Å². The Hall–Kier alpha value is -2.57. The van der Waals surface area contributed by atoms with Gasteiger partial charge in [-0.2, -0.15) is 5.26 Å². The summed E-state index contributed by atoms with van der Waals surface area (Å²) in [5.41, 5.74) is 0.351. The van der Waals surface area contributed by atoms with Crippen LogP contribution in [0.5, 0.6) is 5.75 Å². The van der Waals surface area contributed by atoms with Crippen LogP contribution in [-0.4, -0.2) is 42.3 Å². The number of carbonyl (C=O) groups excluding carboxylic acids is 1. The average molecular weight is 419 g/mol. The number of aromatic nitrogens is 1. The number of morpholine rings is 1. The van der Waals surface area contributed by atoms with E-state index >= 15 is 0 Å². The van der Waals surface area contributed by atoms with Crippen LogP contribution in [0.25, 0.3) is 11.3 Å². The minimum Gasteiger partial charge on any atom is -0.462 e. The van der Waals surface area contributed by atoms with Crippen molar-refractivity contribution in [1.82, 2.24) is 9.88 Å². The molecule has 1 atom stereocenters. The fraction of sp³-hybridized carbons (Fsp3) is 0.450. The third-order valence-electron chi connectivity index (χ3n) is 5.34. The Bertz CT molecular complexity index is 984. The highest BCUT2D eigenvalue weighted by Gasteiger charge is 2.48. The van der Waals surface area contributed by atoms with Gasteiger partial charge in [0.1, 0.15) is 28.7 Å². The number of alkyl halides is 1. The number of carbonyl (C=O) groups is 1. The lowest BCUT2D eigenvalue weighted by atomic mass is 10.1. The van der Waals surface area contributed by atoms with Crippen molar-refractivity contribution in [3.63, 3.8) is 0 Å². The van der Waals surface area contributed by atoms with Gasteiger partial charge in [0.2, 0.25) is 12.8 Å². The Morgan fingerprint density at radius 1 is 1.52 bits per heavy atom. The number of thiazole rings is 1. The van der Waals surface area contributed by atoms with Crippen LogP contribution in [0, 0.1) is 22.6 Å². The normalized spacial score (nSPS) is 20.2. The van der Waals surface area contributed by atoms with E-state index in [-0.39, 0.29) is 28.7 Å². The summed E-state index contributed by atoms with van der Waals surface area (Å²) in [6.07, 6.45) is 1.46. The molecule has 2 aliphatic rings. The van der Waals surface area contributed by atoms with Gasteiger partial charge in [-0.05, 0) is 18.9 Å². The molecule has 0 radical (unpaired) electrons. The maximum absolute atomic E-state index is 13.9. The van der Waals surface area contributed by atoms with Gasteiger partial charge in [-0.1, -0.05) is 6.92 Å². The van der Waals surface area contributed by atoms with Crippen molar-refractivity contribution in [1.29, 1.82) is 5.26 Å². The molecule has 1 aliphatic carbocycles. The summed E-state index contributed by atoms with van der Waals surface area (Å²) in [6, 6.07) is 4.05. The summed E-state index contributed by atoms with van der Waals surface area (Å²) in [5.74, 6) is -0.657. The first-order valence-electron chi connectivity index (χ1n) is 9.24. The van der Waals surface area contributed by atoms with Gasteiger partial charge >= 0.3 is 0 Å². The van der Waals surface area contributed by atoms with E-state index < -0.39 is 12.7 Å². The number of hydrogen-bond donors (Lipinski definition) is 0. The smallest absolute Gasteiger partial charge is 0.228 e. The van der Waals surface area contributed by atoms with E-state index in [1.165, 1.54) is 17.4 Å². The fourth-order valence-corrected chi connectivity index (χ4v) is 4.20. The molecule has 0 N–H and O–H groups in total. The maximum atomic E-state index is 13.9. The highest BCUT2D eigenvalue weighted by molar-refractivity contribution is 7.10. The van der Waals surface area contributed by atoms with Crippen LogP contribution in [0.2, 0.25) is 0 Å². The highest BCUT2D eigenvalue weighted by atomic mass is 32.1. The Morgan fingerprint density at radius 3 is 3.00 bits per heavy atom. The zero-order valence-electron chi connectivity index (χ0n) is 15.8. The van der Waals surface area contributed by atoms with Crippen LogP contribution in [0.15, 0.2) is 17.5 Å². The first-order valence-corrected chi connectivity index (χ1v) is 10.1. The van der Waals surface area contributed by atoms with Crippen molar-refractivity contribution < 1.29 is 23.0 Å². The van der Waals surface area contributed by atoms with Crippen LogP contribution in [-0.2, 0) is 9.53 Å². The van der Waals surface area contributed by atoms with Gasteiger partial charge < -0.3 is 14.4 Å². The van der Waals surface area contributed by atoms with Crippen LogP contribution in [0.3, 0.4) is 0 Å². The minimum absolute atomic E-state index is 0.0242. The van der Waals surface area contributed by atoms with E-state index in [0.29, 0.717) is 36.0 Å². The molecule has 2 heterocycles. The first kappa shape index (κ1) is 19.7. The van der Waals surface area contributed by atoms with Gasteiger partial charge in [0.05, 0.1) is 24.4 Å². The lowest BCUT2D eigenvalue weighted by Crippen LogP contribution is -2.45. The molecule has 1 saturated heterocycles. The molecule has 0 bridgehead atoms. The summed E-state index contributed by atoms with van der Waals surface area (Å²) < 4.78 is 37.3. The molecule has 1 aromatic carbocycles. The summed E-state index contributed by atoms with van der Waals surface area (Å²) in [6.45, 7) is 2.25. The van der Waals surface area contributed by atoms with Crippen molar-refractivity contribution in [3.8, 4) is 23.1 Å². The van der Waals surface area contributed by atoms with Crippen molar-refractivity contribution >= 4 is 17.2 Å². The van der Waals surface area contributed by atoms with Crippen molar-refractivity contribution in [2.75, 3.05) is 26.6 Å². The molecule has 29 heavy (non-hydrogen) atoms. The number of amides is 1. The Morgan fingerprint density at radius 2 is 2.31 bits per heavy atom. The van der Waals surface area contributed by atoms with Crippen LogP contribution in [0.4, 0.5) is 8.78 Å². The van der Waals surface area contributed by atoms with Gasteiger partial charge in [0, 0.05) is 29.0 Å². The molecule has 0 spiro atoms. The number of nitrogens with zero attached hydrogens (tertiary/aromatic N) is 3. The molecule has 2 aromatic rings. The predicted molar refractivity (Wildman–Crippen MR) is 101 cm³/mol. The zero-order valence-corrected chi connectivity index (χ0v) is 16.6. The summed E-state index contributed by atoms with van der Waals surface area (Å²) in [7, 11) is 0. The van der Waals surface area contributed by atoms with Gasteiger partial charge in [-0.15, -0.1) is 11.3 Å². The van der Waals surface area contributed by atoms with E-state index in [1.54, 1.807) is 11.4 Å². The largest absolute Gasteiger partial charge is 0.462 e. The third kappa shape index (κ3) is 3.82. The van der Waals surface area contributed by atoms with E-state index in [9.17, 15) is 13.6 Å². The number of rotatable bonds is 5. The van der Waals surface area contributed by atoms with Gasteiger partial charge in [-0.3, -0.25) is 4.79 Å². The molecule has 4 rings (SSSR count). The molecule has 1 amide bonds. The molecular weight excluding hydrogens is 400 g/mol. The lowest BCUT2D eigenvalue weighted by Gasteiger charge is -2.33. The molecule has 1 saturated carbocycles. The topological polar surface area (TPSA) is 75.5 Å². The minimum atomic E-state index is -1.13. The third-order valence-corrected chi connectivity index (χ3v) is 6.28. The number of hydrogen-bond acceptors (Lipinski definition) is 6. The predicted octanol–water partition coefficient (Wildman–Crippen LogP) is 3.83. The molecule has 6 nitrogen and oxygen atoms in total. The zero-order chi connectivity index (χ0) is 20.6. The summed E-state index contributed by atoms with van der Waals surface area (Å²) in [5, 5.41) is 11.5.